The summed E-state index contributed by atoms with van der Waals surface area (Å²) in [5.41, 5.74) is 6.92. The molecule has 0 saturated carbocycles. The molecule has 0 aliphatic heterocycles. The van der Waals surface area contributed by atoms with Gasteiger partial charge in [-0.3, -0.25) is 0 Å². The lowest BCUT2D eigenvalue weighted by Crippen LogP contribution is -2.13. The Labute approximate surface area is 120 Å². The van der Waals surface area contributed by atoms with Gasteiger partial charge in [0.2, 0.25) is 0 Å². The van der Waals surface area contributed by atoms with Crippen LogP contribution in [-0.4, -0.2) is 11.0 Å². The standard InChI is InChI=1S/C14H12ClFN2O2/c15-12-7-11(4-5-13(12)16)20-8-9-2-1-3-10(6-9)14(17)18-19/h1-7,19H,8H2,(H2,17,18). The Balaban J connectivity index is 2.09. The van der Waals surface area contributed by atoms with Gasteiger partial charge in [-0.2, -0.15) is 0 Å². The zero-order chi connectivity index (χ0) is 14.5. The fraction of sp³-hybridized carbons (Fsp3) is 0.0714. The van der Waals surface area contributed by atoms with Crippen molar-refractivity contribution < 1.29 is 14.3 Å². The van der Waals surface area contributed by atoms with Gasteiger partial charge in [0.25, 0.3) is 0 Å². The van der Waals surface area contributed by atoms with Crippen LogP contribution in [0.15, 0.2) is 47.6 Å². The van der Waals surface area contributed by atoms with Gasteiger partial charge in [-0.15, -0.1) is 0 Å². The summed E-state index contributed by atoms with van der Waals surface area (Å²) < 4.78 is 18.5. The summed E-state index contributed by atoms with van der Waals surface area (Å²) in [5.74, 6) is -0.00442. The van der Waals surface area contributed by atoms with Crippen molar-refractivity contribution in [2.75, 3.05) is 0 Å². The third kappa shape index (κ3) is 3.39. The molecule has 0 atom stereocenters. The van der Waals surface area contributed by atoms with Crippen LogP contribution in [0, 0.1) is 5.82 Å². The average Bonchev–Trinajstić information content (AvgIpc) is 2.48. The van der Waals surface area contributed by atoms with Gasteiger partial charge in [0.05, 0.1) is 5.02 Å². The quantitative estimate of drug-likeness (QED) is 0.394. The van der Waals surface area contributed by atoms with E-state index in [1.165, 1.54) is 18.2 Å². The van der Waals surface area contributed by atoms with E-state index in [-0.39, 0.29) is 17.5 Å². The smallest absolute Gasteiger partial charge is 0.170 e. The van der Waals surface area contributed by atoms with Crippen LogP contribution in [0.4, 0.5) is 4.39 Å². The Bertz CT molecular complexity index is 647. The van der Waals surface area contributed by atoms with Crippen LogP contribution in [0.1, 0.15) is 11.1 Å². The van der Waals surface area contributed by atoms with Crippen LogP contribution in [-0.2, 0) is 6.61 Å². The molecule has 0 saturated heterocycles. The van der Waals surface area contributed by atoms with Crippen molar-refractivity contribution in [3.05, 3.63) is 64.4 Å². The van der Waals surface area contributed by atoms with Crippen LogP contribution in [0.2, 0.25) is 5.02 Å². The van der Waals surface area contributed by atoms with Gasteiger partial charge in [-0.1, -0.05) is 35.0 Å². The van der Waals surface area contributed by atoms with Gasteiger partial charge in [0.1, 0.15) is 18.2 Å². The Hall–Kier alpha value is -2.27. The summed E-state index contributed by atoms with van der Waals surface area (Å²) in [5, 5.41) is 11.6. The number of hydrogen-bond donors (Lipinski definition) is 2. The Morgan fingerprint density at radius 3 is 2.80 bits per heavy atom. The maximum Gasteiger partial charge on any atom is 0.170 e. The van der Waals surface area contributed by atoms with E-state index in [0.29, 0.717) is 11.3 Å². The van der Waals surface area contributed by atoms with Gasteiger partial charge in [-0.05, 0) is 23.8 Å². The first-order valence-corrected chi connectivity index (χ1v) is 6.12. The van der Waals surface area contributed by atoms with E-state index in [1.807, 2.05) is 6.07 Å². The van der Waals surface area contributed by atoms with Crippen molar-refractivity contribution in [1.82, 2.24) is 0 Å². The van der Waals surface area contributed by atoms with Gasteiger partial charge >= 0.3 is 0 Å². The minimum Gasteiger partial charge on any atom is -0.489 e. The van der Waals surface area contributed by atoms with E-state index in [4.69, 9.17) is 27.3 Å². The number of nitrogens with two attached hydrogens (primary N) is 1. The molecule has 4 nitrogen and oxygen atoms in total. The van der Waals surface area contributed by atoms with Crippen molar-refractivity contribution in [2.24, 2.45) is 10.9 Å². The molecule has 2 aromatic rings. The molecule has 0 unspecified atom stereocenters. The molecule has 0 amide bonds. The number of benzene rings is 2. The summed E-state index contributed by atoms with van der Waals surface area (Å²) >= 11 is 5.67. The summed E-state index contributed by atoms with van der Waals surface area (Å²) in [4.78, 5) is 0. The molecule has 2 rings (SSSR count). The molecule has 0 spiro atoms. The Morgan fingerprint density at radius 1 is 1.30 bits per heavy atom. The predicted octanol–water partition coefficient (Wildman–Crippen LogP) is 3.15. The van der Waals surface area contributed by atoms with Gasteiger partial charge in [-0.25, -0.2) is 4.39 Å². The molecule has 0 bridgehead atoms. The molecule has 104 valence electrons. The normalized spacial score (nSPS) is 11.4. The number of amidine groups is 1. The largest absolute Gasteiger partial charge is 0.489 e. The van der Waals surface area contributed by atoms with E-state index >= 15 is 0 Å². The molecular weight excluding hydrogens is 283 g/mol. The Morgan fingerprint density at radius 2 is 2.10 bits per heavy atom. The number of ether oxygens (including phenoxy) is 1. The van der Waals surface area contributed by atoms with Crippen molar-refractivity contribution in [2.45, 2.75) is 6.61 Å². The molecule has 20 heavy (non-hydrogen) atoms. The van der Waals surface area contributed by atoms with Crippen LogP contribution >= 0.6 is 11.6 Å². The topological polar surface area (TPSA) is 67.8 Å². The van der Waals surface area contributed by atoms with Crippen molar-refractivity contribution in [1.29, 1.82) is 0 Å². The molecular formula is C14H12ClFN2O2. The summed E-state index contributed by atoms with van der Waals surface area (Å²) in [6.45, 7) is 0.258. The summed E-state index contributed by atoms with van der Waals surface area (Å²) in [7, 11) is 0. The minimum absolute atomic E-state index is 0.00732. The first kappa shape index (κ1) is 14.1. The SMILES string of the molecule is NC(=NO)c1cccc(COc2ccc(F)c(Cl)c2)c1. The van der Waals surface area contributed by atoms with E-state index < -0.39 is 5.82 Å². The maximum atomic E-state index is 13.0. The molecule has 6 heteroatoms. The number of rotatable bonds is 4. The fourth-order valence-electron chi connectivity index (χ4n) is 1.61. The van der Waals surface area contributed by atoms with Gasteiger partial charge in [0.15, 0.2) is 5.84 Å². The molecule has 0 fully saturated rings. The van der Waals surface area contributed by atoms with Crippen molar-refractivity contribution >= 4 is 17.4 Å². The predicted molar refractivity (Wildman–Crippen MR) is 74.7 cm³/mol. The molecule has 0 aromatic heterocycles. The number of halogens is 2. The number of hydrogen-bond acceptors (Lipinski definition) is 3. The van der Waals surface area contributed by atoms with Crippen molar-refractivity contribution in [3.8, 4) is 5.75 Å². The highest BCUT2D eigenvalue weighted by Crippen LogP contribution is 2.22. The third-order valence-electron chi connectivity index (χ3n) is 2.63. The first-order valence-electron chi connectivity index (χ1n) is 5.75. The second-order valence-electron chi connectivity index (χ2n) is 4.05. The maximum absolute atomic E-state index is 13.0. The number of nitrogens with zero attached hydrogens (tertiary/aromatic N) is 1. The monoisotopic (exact) mass is 294 g/mol. The zero-order valence-corrected chi connectivity index (χ0v) is 11.1. The second kappa shape index (κ2) is 6.25. The Kier molecular flexibility index (Phi) is 4.42. The van der Waals surface area contributed by atoms with Crippen LogP contribution < -0.4 is 10.5 Å². The zero-order valence-electron chi connectivity index (χ0n) is 10.4. The highest BCUT2D eigenvalue weighted by atomic mass is 35.5. The average molecular weight is 295 g/mol. The fourth-order valence-corrected chi connectivity index (χ4v) is 1.78. The van der Waals surface area contributed by atoms with E-state index in [2.05, 4.69) is 5.16 Å². The van der Waals surface area contributed by atoms with Crippen LogP contribution in [0.25, 0.3) is 0 Å². The highest BCUT2D eigenvalue weighted by Gasteiger charge is 2.04. The lowest BCUT2D eigenvalue weighted by atomic mass is 10.1. The lowest BCUT2D eigenvalue weighted by molar-refractivity contribution is 0.305. The molecule has 0 heterocycles. The molecule has 2 aromatic carbocycles. The van der Waals surface area contributed by atoms with Gasteiger partial charge < -0.3 is 15.7 Å². The number of oxime groups is 1. The minimum atomic E-state index is -0.493. The van der Waals surface area contributed by atoms with Crippen LogP contribution in [0.5, 0.6) is 5.75 Å². The first-order chi connectivity index (χ1) is 9.60. The lowest BCUT2D eigenvalue weighted by Gasteiger charge is -2.08. The summed E-state index contributed by atoms with van der Waals surface area (Å²) in [6, 6.07) is 11.2. The highest BCUT2D eigenvalue weighted by molar-refractivity contribution is 6.30. The van der Waals surface area contributed by atoms with Gasteiger partial charge in [0, 0.05) is 11.6 Å². The van der Waals surface area contributed by atoms with E-state index in [1.54, 1.807) is 18.2 Å². The molecule has 0 radical (unpaired) electrons. The molecule has 0 aliphatic rings. The van der Waals surface area contributed by atoms with E-state index in [9.17, 15) is 4.39 Å². The van der Waals surface area contributed by atoms with E-state index in [0.717, 1.165) is 5.56 Å². The molecule has 3 N–H and O–H groups in total. The molecule has 0 aliphatic carbocycles. The van der Waals surface area contributed by atoms with Crippen LogP contribution in [0.3, 0.4) is 0 Å². The third-order valence-corrected chi connectivity index (χ3v) is 2.92. The van der Waals surface area contributed by atoms with Crippen molar-refractivity contribution in [3.63, 3.8) is 0 Å². The summed E-state index contributed by atoms with van der Waals surface area (Å²) in [6.07, 6.45) is 0. The second-order valence-corrected chi connectivity index (χ2v) is 4.46.